The molecule has 27 heavy (non-hydrogen) atoms. The molecule has 1 saturated heterocycles. The minimum absolute atomic E-state index is 0.0474. The predicted octanol–water partition coefficient (Wildman–Crippen LogP) is 2.98. The summed E-state index contributed by atoms with van der Waals surface area (Å²) in [5.41, 5.74) is 0.167. The molecule has 2 N–H and O–H groups in total. The van der Waals surface area contributed by atoms with Crippen molar-refractivity contribution in [2.75, 3.05) is 12.0 Å². The number of hydrogen-bond donors (Lipinski definition) is 2. The average Bonchev–Trinajstić information content (AvgIpc) is 2.62. The van der Waals surface area contributed by atoms with E-state index in [0.717, 1.165) is 4.90 Å². The first-order valence-corrected chi connectivity index (χ1v) is 9.04. The molecule has 0 aliphatic carbocycles. The summed E-state index contributed by atoms with van der Waals surface area (Å²) in [6.45, 7) is 0. The highest BCUT2D eigenvalue weighted by Crippen LogP contribution is 2.33. The van der Waals surface area contributed by atoms with E-state index in [4.69, 9.17) is 17.0 Å². The summed E-state index contributed by atoms with van der Waals surface area (Å²) in [6, 6.07) is 8.68. The van der Waals surface area contributed by atoms with Crippen LogP contribution in [0.5, 0.6) is 11.5 Å². The van der Waals surface area contributed by atoms with Crippen LogP contribution in [0.3, 0.4) is 0 Å². The first kappa shape index (κ1) is 19.2. The maximum atomic E-state index is 14.1. The van der Waals surface area contributed by atoms with E-state index in [0.29, 0.717) is 9.13 Å². The van der Waals surface area contributed by atoms with E-state index >= 15 is 0 Å². The number of ether oxygens (including phenoxy) is 1. The quantitative estimate of drug-likeness (QED) is 0.295. The summed E-state index contributed by atoms with van der Waals surface area (Å²) < 4.78 is 19.7. The minimum Gasteiger partial charge on any atom is -0.504 e. The topological polar surface area (TPSA) is 78.9 Å². The van der Waals surface area contributed by atoms with Crippen LogP contribution in [0.1, 0.15) is 5.56 Å². The first-order chi connectivity index (χ1) is 12.8. The van der Waals surface area contributed by atoms with Crippen LogP contribution < -0.4 is 15.0 Å². The second kappa shape index (κ2) is 7.61. The molecule has 1 heterocycles. The summed E-state index contributed by atoms with van der Waals surface area (Å²) >= 11 is 6.94. The molecule has 1 aliphatic heterocycles. The van der Waals surface area contributed by atoms with Crippen LogP contribution in [-0.4, -0.2) is 29.1 Å². The zero-order valence-electron chi connectivity index (χ0n) is 13.8. The molecule has 1 aliphatic rings. The first-order valence-electron chi connectivity index (χ1n) is 7.56. The second-order valence-electron chi connectivity index (χ2n) is 5.46. The van der Waals surface area contributed by atoms with E-state index in [1.807, 2.05) is 22.6 Å². The normalized spacial score (nSPS) is 15.9. The van der Waals surface area contributed by atoms with Gasteiger partial charge in [-0.1, -0.05) is 12.1 Å². The van der Waals surface area contributed by atoms with E-state index < -0.39 is 17.6 Å². The van der Waals surface area contributed by atoms with Crippen molar-refractivity contribution in [2.24, 2.45) is 0 Å². The lowest BCUT2D eigenvalue weighted by Crippen LogP contribution is -2.54. The van der Waals surface area contributed by atoms with Gasteiger partial charge in [0.25, 0.3) is 11.8 Å². The third-order valence-electron chi connectivity index (χ3n) is 3.78. The zero-order chi connectivity index (χ0) is 19.7. The van der Waals surface area contributed by atoms with Gasteiger partial charge in [0.05, 0.1) is 16.4 Å². The van der Waals surface area contributed by atoms with Crippen molar-refractivity contribution >= 4 is 63.5 Å². The third kappa shape index (κ3) is 3.65. The molecule has 3 rings (SSSR count). The zero-order valence-corrected chi connectivity index (χ0v) is 16.8. The van der Waals surface area contributed by atoms with Crippen molar-refractivity contribution in [1.82, 2.24) is 5.32 Å². The Labute approximate surface area is 172 Å². The molecular formula is C18H12FIN2O4S. The predicted molar refractivity (Wildman–Crippen MR) is 110 cm³/mol. The number of phenolic OH excluding ortho intramolecular Hbond substituents is 1. The van der Waals surface area contributed by atoms with Crippen molar-refractivity contribution in [1.29, 1.82) is 0 Å². The highest BCUT2D eigenvalue weighted by atomic mass is 127. The van der Waals surface area contributed by atoms with Crippen molar-refractivity contribution < 1.29 is 23.8 Å². The van der Waals surface area contributed by atoms with Gasteiger partial charge in [0, 0.05) is 0 Å². The molecule has 2 amide bonds. The van der Waals surface area contributed by atoms with Gasteiger partial charge in [-0.3, -0.25) is 14.9 Å². The lowest BCUT2D eigenvalue weighted by molar-refractivity contribution is -0.122. The third-order valence-corrected chi connectivity index (χ3v) is 4.88. The second-order valence-corrected chi connectivity index (χ2v) is 7.01. The monoisotopic (exact) mass is 498 g/mol. The highest BCUT2D eigenvalue weighted by molar-refractivity contribution is 14.1. The molecule has 0 radical (unpaired) electrons. The van der Waals surface area contributed by atoms with Crippen LogP contribution in [-0.2, 0) is 9.59 Å². The summed E-state index contributed by atoms with van der Waals surface area (Å²) in [5, 5.41) is 12.1. The summed E-state index contributed by atoms with van der Waals surface area (Å²) in [6.07, 6.45) is 1.33. The molecule has 1 fully saturated rings. The smallest absolute Gasteiger partial charge is 0.270 e. The Morgan fingerprint density at radius 2 is 2.00 bits per heavy atom. The van der Waals surface area contributed by atoms with Crippen LogP contribution in [0.2, 0.25) is 0 Å². The number of nitrogens with zero attached hydrogens (tertiary/aromatic N) is 1. The summed E-state index contributed by atoms with van der Waals surface area (Å²) in [4.78, 5) is 26.1. The largest absolute Gasteiger partial charge is 0.504 e. The van der Waals surface area contributed by atoms with Gasteiger partial charge >= 0.3 is 0 Å². The number of amides is 2. The Morgan fingerprint density at radius 3 is 2.67 bits per heavy atom. The highest BCUT2D eigenvalue weighted by Gasteiger charge is 2.35. The van der Waals surface area contributed by atoms with E-state index in [1.54, 1.807) is 12.1 Å². The molecule has 2 aromatic carbocycles. The number of para-hydroxylation sites is 1. The Bertz CT molecular complexity index is 1010. The number of benzene rings is 2. The van der Waals surface area contributed by atoms with Gasteiger partial charge in [-0.15, -0.1) is 0 Å². The number of hydrogen-bond acceptors (Lipinski definition) is 5. The number of thiocarbonyl (C=S) groups is 1. The lowest BCUT2D eigenvalue weighted by atomic mass is 10.1. The fourth-order valence-electron chi connectivity index (χ4n) is 2.51. The van der Waals surface area contributed by atoms with Crippen LogP contribution in [0, 0.1) is 9.39 Å². The fraction of sp³-hybridized carbons (Fsp3) is 0.0556. The molecule has 0 unspecified atom stereocenters. The molecule has 0 saturated carbocycles. The number of phenols is 1. The Hall–Kier alpha value is -2.53. The molecule has 0 bridgehead atoms. The van der Waals surface area contributed by atoms with Gasteiger partial charge in [-0.25, -0.2) is 9.29 Å². The molecule has 0 aromatic heterocycles. The average molecular weight is 498 g/mol. The number of rotatable bonds is 3. The number of methoxy groups -OCH3 is 1. The van der Waals surface area contributed by atoms with Crippen molar-refractivity contribution in [2.45, 2.75) is 0 Å². The molecule has 2 aromatic rings. The maximum absolute atomic E-state index is 14.1. The number of nitrogens with one attached hydrogen (secondary N) is 1. The number of carbonyl (C=O) groups excluding carboxylic acids is 2. The summed E-state index contributed by atoms with van der Waals surface area (Å²) in [5.74, 6) is -1.95. The van der Waals surface area contributed by atoms with E-state index in [9.17, 15) is 19.1 Å². The van der Waals surface area contributed by atoms with E-state index in [1.165, 1.54) is 37.5 Å². The van der Waals surface area contributed by atoms with Gasteiger partial charge in [-0.05, 0) is 70.7 Å². The Balaban J connectivity index is 2.08. The van der Waals surface area contributed by atoms with Gasteiger partial charge in [0.1, 0.15) is 11.4 Å². The van der Waals surface area contributed by atoms with Gasteiger partial charge in [0.15, 0.2) is 16.6 Å². The molecular weight excluding hydrogens is 486 g/mol. The summed E-state index contributed by atoms with van der Waals surface area (Å²) in [7, 11) is 1.39. The van der Waals surface area contributed by atoms with Gasteiger partial charge < -0.3 is 9.84 Å². The van der Waals surface area contributed by atoms with Crippen LogP contribution in [0.25, 0.3) is 6.08 Å². The fourth-order valence-corrected chi connectivity index (χ4v) is 3.41. The number of aromatic hydroxyl groups is 1. The van der Waals surface area contributed by atoms with Gasteiger partial charge in [0.2, 0.25) is 0 Å². The Morgan fingerprint density at radius 1 is 1.30 bits per heavy atom. The SMILES string of the molecule is COc1cc(/C=C2\C(=O)NC(=S)N(c3ccccc3F)C2=O)cc(I)c1O. The molecule has 138 valence electrons. The van der Waals surface area contributed by atoms with Crippen molar-refractivity contribution in [3.63, 3.8) is 0 Å². The molecule has 0 spiro atoms. The molecule has 0 atom stereocenters. The van der Waals surface area contributed by atoms with Crippen molar-refractivity contribution in [3.8, 4) is 11.5 Å². The number of carbonyl (C=O) groups is 2. The van der Waals surface area contributed by atoms with Crippen molar-refractivity contribution in [3.05, 3.63) is 56.9 Å². The van der Waals surface area contributed by atoms with E-state index in [-0.39, 0.29) is 27.9 Å². The number of anilines is 1. The Kier molecular flexibility index (Phi) is 5.42. The number of halogens is 2. The standard InChI is InChI=1S/C18H12FIN2O4S/c1-26-14-8-9(7-12(20)15(14)23)6-10-16(24)21-18(27)22(17(10)25)13-5-3-2-4-11(13)19/h2-8,23H,1H3,(H,21,24,27)/b10-6+. The lowest BCUT2D eigenvalue weighted by Gasteiger charge is -2.29. The van der Waals surface area contributed by atoms with Crippen LogP contribution >= 0.6 is 34.8 Å². The van der Waals surface area contributed by atoms with Gasteiger partial charge in [-0.2, -0.15) is 0 Å². The van der Waals surface area contributed by atoms with Crippen LogP contribution in [0.15, 0.2) is 42.0 Å². The van der Waals surface area contributed by atoms with E-state index in [2.05, 4.69) is 5.32 Å². The molecule has 6 nitrogen and oxygen atoms in total. The maximum Gasteiger partial charge on any atom is 0.270 e. The van der Waals surface area contributed by atoms with Crippen LogP contribution in [0.4, 0.5) is 10.1 Å². The molecule has 9 heteroatoms. The minimum atomic E-state index is -0.754.